The molecule has 0 saturated heterocycles. The number of nitrogens with zero attached hydrogens (tertiary/aromatic N) is 1. The first kappa shape index (κ1) is 21.7. The van der Waals surface area contributed by atoms with Crippen LogP contribution in [0.2, 0.25) is 0 Å². The molecule has 1 atom stereocenters. The molecule has 4 rings (SSSR count). The van der Waals surface area contributed by atoms with E-state index >= 15 is 0 Å². The molecule has 0 unspecified atom stereocenters. The van der Waals surface area contributed by atoms with Crippen LogP contribution in [0.4, 0.5) is 8.78 Å². The van der Waals surface area contributed by atoms with Gasteiger partial charge in [-0.2, -0.15) is 0 Å². The number of carbonyl (C=O) groups excluding carboxylic acids is 2. The number of nitrogens with one attached hydrogen (secondary N) is 1. The van der Waals surface area contributed by atoms with Gasteiger partial charge in [0, 0.05) is 31.5 Å². The lowest BCUT2D eigenvalue weighted by Gasteiger charge is -2.38. The van der Waals surface area contributed by atoms with Gasteiger partial charge in [-0.25, -0.2) is 8.78 Å². The van der Waals surface area contributed by atoms with Crippen LogP contribution in [-0.2, 0) is 22.6 Å². The van der Waals surface area contributed by atoms with Gasteiger partial charge in [-0.1, -0.05) is 54.6 Å². The van der Waals surface area contributed by atoms with Crippen LogP contribution in [-0.4, -0.2) is 23.3 Å². The molecule has 4 nitrogen and oxygen atoms in total. The van der Waals surface area contributed by atoms with E-state index in [1.165, 1.54) is 5.56 Å². The maximum Gasteiger partial charge on any atom is 0.223 e. The fraction of sp³-hybridized carbons (Fsp3) is 0.231. The van der Waals surface area contributed by atoms with Gasteiger partial charge >= 0.3 is 0 Å². The lowest BCUT2D eigenvalue weighted by atomic mass is 9.88. The highest BCUT2D eigenvalue weighted by Crippen LogP contribution is 2.35. The highest BCUT2D eigenvalue weighted by Gasteiger charge is 2.31. The van der Waals surface area contributed by atoms with Crippen LogP contribution in [0, 0.1) is 11.6 Å². The summed E-state index contributed by atoms with van der Waals surface area (Å²) in [5.74, 6) is -1.64. The van der Waals surface area contributed by atoms with Crippen molar-refractivity contribution >= 4 is 11.8 Å². The summed E-state index contributed by atoms with van der Waals surface area (Å²) >= 11 is 0. The Morgan fingerprint density at radius 2 is 1.69 bits per heavy atom. The maximum absolute atomic E-state index is 13.7. The second-order valence-corrected chi connectivity index (χ2v) is 7.86. The minimum atomic E-state index is -0.583. The number of halogens is 2. The van der Waals surface area contributed by atoms with Crippen molar-refractivity contribution in [3.05, 3.63) is 107 Å². The molecule has 0 fully saturated rings. The summed E-state index contributed by atoms with van der Waals surface area (Å²) in [6.45, 7) is 0.450. The SMILES string of the molecule is O=C(CCC(=O)N1CCc2ccccc2[C@H]1c1ccccc1)NCc1cc(F)ccc1F. The number of rotatable bonds is 6. The Hall–Kier alpha value is -3.54. The van der Waals surface area contributed by atoms with Crippen molar-refractivity contribution in [1.29, 1.82) is 0 Å². The third-order valence-corrected chi connectivity index (χ3v) is 5.77. The van der Waals surface area contributed by atoms with Crippen LogP contribution in [0.1, 0.15) is 41.1 Å². The Kier molecular flexibility index (Phi) is 6.59. The first-order valence-electron chi connectivity index (χ1n) is 10.7. The Morgan fingerprint density at radius 1 is 0.938 bits per heavy atom. The van der Waals surface area contributed by atoms with Crippen molar-refractivity contribution in [3.63, 3.8) is 0 Å². The molecule has 1 aliphatic heterocycles. The van der Waals surface area contributed by atoms with E-state index < -0.39 is 11.6 Å². The number of hydrogen-bond donors (Lipinski definition) is 1. The molecule has 3 aromatic rings. The predicted octanol–water partition coefficient (Wildman–Crippen LogP) is 4.54. The standard InChI is InChI=1S/C26H24F2N2O2/c27-21-10-11-23(28)20(16-21)17-29-24(31)12-13-25(32)30-15-14-18-6-4-5-9-22(18)26(30)19-7-2-1-3-8-19/h1-11,16,26H,12-15,17H2,(H,29,31)/t26-/m1/s1. The number of carbonyl (C=O) groups is 2. The number of amides is 2. The molecule has 6 heteroatoms. The van der Waals surface area contributed by atoms with Crippen LogP contribution < -0.4 is 5.32 Å². The monoisotopic (exact) mass is 434 g/mol. The molecule has 32 heavy (non-hydrogen) atoms. The minimum Gasteiger partial charge on any atom is -0.352 e. The molecule has 3 aromatic carbocycles. The van der Waals surface area contributed by atoms with Gasteiger partial charge in [-0.3, -0.25) is 9.59 Å². The Balaban J connectivity index is 1.42. The molecule has 0 saturated carbocycles. The van der Waals surface area contributed by atoms with Crippen LogP contribution in [0.3, 0.4) is 0 Å². The van der Waals surface area contributed by atoms with Crippen molar-refractivity contribution in [2.45, 2.75) is 31.8 Å². The third-order valence-electron chi connectivity index (χ3n) is 5.77. The van der Waals surface area contributed by atoms with Gasteiger partial charge in [0.1, 0.15) is 11.6 Å². The van der Waals surface area contributed by atoms with Gasteiger partial charge in [0.15, 0.2) is 0 Å². The topological polar surface area (TPSA) is 49.4 Å². The van der Waals surface area contributed by atoms with Crippen molar-refractivity contribution in [2.24, 2.45) is 0 Å². The van der Waals surface area contributed by atoms with E-state index in [1.54, 1.807) is 0 Å². The summed E-state index contributed by atoms with van der Waals surface area (Å²) in [5.41, 5.74) is 3.42. The molecule has 1 N–H and O–H groups in total. The third kappa shape index (κ3) is 4.85. The van der Waals surface area contributed by atoms with E-state index in [2.05, 4.69) is 11.4 Å². The summed E-state index contributed by atoms with van der Waals surface area (Å²) in [5, 5.41) is 2.57. The molecule has 0 radical (unpaired) electrons. The summed E-state index contributed by atoms with van der Waals surface area (Å²) in [4.78, 5) is 27.2. The lowest BCUT2D eigenvalue weighted by Crippen LogP contribution is -2.41. The minimum absolute atomic E-state index is 0.0184. The Bertz CT molecular complexity index is 1120. The van der Waals surface area contributed by atoms with Gasteiger partial charge in [0.25, 0.3) is 0 Å². The van der Waals surface area contributed by atoms with Crippen LogP contribution in [0.5, 0.6) is 0 Å². The molecule has 1 aliphatic rings. The van der Waals surface area contributed by atoms with Crippen LogP contribution >= 0.6 is 0 Å². The number of hydrogen-bond acceptors (Lipinski definition) is 2. The predicted molar refractivity (Wildman–Crippen MR) is 118 cm³/mol. The highest BCUT2D eigenvalue weighted by atomic mass is 19.1. The van der Waals surface area contributed by atoms with Gasteiger partial charge in [-0.15, -0.1) is 0 Å². The molecule has 2 amide bonds. The van der Waals surface area contributed by atoms with Crippen molar-refractivity contribution in [1.82, 2.24) is 10.2 Å². The fourth-order valence-electron chi connectivity index (χ4n) is 4.16. The zero-order valence-electron chi connectivity index (χ0n) is 17.6. The molecule has 0 aromatic heterocycles. The van der Waals surface area contributed by atoms with E-state index in [1.807, 2.05) is 53.4 Å². The van der Waals surface area contributed by atoms with Crippen molar-refractivity contribution in [2.75, 3.05) is 6.54 Å². The number of benzene rings is 3. The van der Waals surface area contributed by atoms with Crippen molar-refractivity contribution in [3.8, 4) is 0 Å². The van der Waals surface area contributed by atoms with Crippen LogP contribution in [0.15, 0.2) is 72.8 Å². The largest absolute Gasteiger partial charge is 0.352 e. The van der Waals surface area contributed by atoms with E-state index in [4.69, 9.17) is 0 Å². The summed E-state index contributed by atoms with van der Waals surface area (Å²) in [7, 11) is 0. The maximum atomic E-state index is 13.7. The fourth-order valence-corrected chi connectivity index (χ4v) is 4.16. The van der Waals surface area contributed by atoms with Gasteiger partial charge in [-0.05, 0) is 41.3 Å². The molecular formula is C26H24F2N2O2. The Morgan fingerprint density at radius 3 is 2.50 bits per heavy atom. The molecular weight excluding hydrogens is 410 g/mol. The second kappa shape index (κ2) is 9.73. The summed E-state index contributed by atoms with van der Waals surface area (Å²) in [6, 6.07) is 20.9. The van der Waals surface area contributed by atoms with Crippen molar-refractivity contribution < 1.29 is 18.4 Å². The molecule has 164 valence electrons. The van der Waals surface area contributed by atoms with E-state index in [-0.39, 0.29) is 42.8 Å². The Labute approximate surface area is 185 Å². The zero-order chi connectivity index (χ0) is 22.5. The summed E-state index contributed by atoms with van der Waals surface area (Å²) < 4.78 is 27.0. The van der Waals surface area contributed by atoms with Gasteiger partial charge in [0.05, 0.1) is 6.04 Å². The lowest BCUT2D eigenvalue weighted by molar-refractivity contribution is -0.135. The normalized spacial score (nSPS) is 15.2. The molecule has 0 spiro atoms. The molecule has 0 bridgehead atoms. The van der Waals surface area contributed by atoms with E-state index in [0.29, 0.717) is 6.54 Å². The first-order valence-corrected chi connectivity index (χ1v) is 10.7. The second-order valence-electron chi connectivity index (χ2n) is 7.86. The quantitative estimate of drug-likeness (QED) is 0.620. The molecule has 0 aliphatic carbocycles. The smallest absolute Gasteiger partial charge is 0.223 e. The van der Waals surface area contributed by atoms with E-state index in [0.717, 1.165) is 35.7 Å². The summed E-state index contributed by atoms with van der Waals surface area (Å²) in [6.07, 6.45) is 0.786. The average Bonchev–Trinajstić information content (AvgIpc) is 2.82. The molecule has 1 heterocycles. The highest BCUT2D eigenvalue weighted by molar-refractivity contribution is 5.84. The average molecular weight is 434 g/mol. The van der Waals surface area contributed by atoms with Crippen LogP contribution in [0.25, 0.3) is 0 Å². The zero-order valence-corrected chi connectivity index (χ0v) is 17.6. The van der Waals surface area contributed by atoms with Gasteiger partial charge in [0.2, 0.25) is 11.8 Å². The van der Waals surface area contributed by atoms with Gasteiger partial charge < -0.3 is 10.2 Å². The van der Waals surface area contributed by atoms with E-state index in [9.17, 15) is 18.4 Å². The number of fused-ring (bicyclic) bond motifs is 1. The first-order chi connectivity index (χ1) is 15.5.